The zero-order chi connectivity index (χ0) is 26.7. The highest BCUT2D eigenvalue weighted by atomic mass is 127. The molecule has 0 spiro atoms. The summed E-state index contributed by atoms with van der Waals surface area (Å²) in [4.78, 5) is 38.3. The average molecular weight is 674 g/mol. The van der Waals surface area contributed by atoms with E-state index in [-0.39, 0.29) is 29.6 Å². The number of amides is 2. The number of benzene rings is 2. The van der Waals surface area contributed by atoms with Gasteiger partial charge >= 0.3 is 5.97 Å². The minimum Gasteiger partial charge on any atom is -0.493 e. The van der Waals surface area contributed by atoms with Crippen LogP contribution in [0.5, 0.6) is 11.5 Å². The summed E-state index contributed by atoms with van der Waals surface area (Å²) in [5.41, 5.74) is 1.41. The molecule has 2 amide bonds. The minimum absolute atomic E-state index is 0.0117. The Kier molecular flexibility index (Phi) is 8.73. The molecule has 0 unspecified atom stereocenters. The van der Waals surface area contributed by atoms with Gasteiger partial charge in [0.2, 0.25) is 5.76 Å². The molecule has 1 fully saturated rings. The molecule has 0 N–H and O–H groups in total. The lowest BCUT2D eigenvalue weighted by molar-refractivity contribution is -0.123. The molecule has 0 aliphatic carbocycles. The van der Waals surface area contributed by atoms with E-state index in [0.29, 0.717) is 27.1 Å². The molecule has 2 aromatic carbocycles. The van der Waals surface area contributed by atoms with Crippen molar-refractivity contribution < 1.29 is 33.0 Å². The van der Waals surface area contributed by atoms with Gasteiger partial charge in [0, 0.05) is 15.6 Å². The van der Waals surface area contributed by atoms with Gasteiger partial charge in [-0.3, -0.25) is 14.5 Å². The van der Waals surface area contributed by atoms with Crippen LogP contribution in [0.1, 0.15) is 27.4 Å². The van der Waals surface area contributed by atoms with Gasteiger partial charge in [-0.15, -0.1) is 0 Å². The van der Waals surface area contributed by atoms with E-state index in [1.165, 1.54) is 26.4 Å². The number of hydrogen-bond acceptors (Lipinski definition) is 8. The second-order valence-corrected chi connectivity index (χ2v) is 10.6. The molecular formula is C25H18Cl2INO7S. The summed E-state index contributed by atoms with van der Waals surface area (Å²) in [7, 11) is 2.74. The smallest absolute Gasteiger partial charge is 0.373 e. The highest BCUT2D eigenvalue weighted by Gasteiger charge is 2.36. The van der Waals surface area contributed by atoms with Gasteiger partial charge in [-0.1, -0.05) is 29.3 Å². The number of furan rings is 1. The van der Waals surface area contributed by atoms with Crippen LogP contribution in [-0.4, -0.2) is 36.2 Å². The van der Waals surface area contributed by atoms with E-state index in [1.807, 2.05) is 6.07 Å². The number of carbonyl (C=O) groups excluding carboxylic acids is 3. The molecule has 2 heterocycles. The monoisotopic (exact) mass is 673 g/mol. The van der Waals surface area contributed by atoms with E-state index < -0.39 is 17.1 Å². The predicted octanol–water partition coefficient (Wildman–Crippen LogP) is 6.80. The Balaban J connectivity index is 1.51. The lowest BCUT2D eigenvalue weighted by Crippen LogP contribution is -2.27. The van der Waals surface area contributed by atoms with Crippen LogP contribution < -0.4 is 9.47 Å². The van der Waals surface area contributed by atoms with Gasteiger partial charge in [-0.2, -0.15) is 0 Å². The zero-order valence-electron chi connectivity index (χ0n) is 19.4. The van der Waals surface area contributed by atoms with Crippen molar-refractivity contribution in [3.05, 3.63) is 83.6 Å². The van der Waals surface area contributed by atoms with Crippen molar-refractivity contribution >= 4 is 80.7 Å². The van der Waals surface area contributed by atoms with Crippen molar-refractivity contribution in [2.45, 2.75) is 13.2 Å². The van der Waals surface area contributed by atoms with Crippen molar-refractivity contribution in [3.63, 3.8) is 0 Å². The third-order valence-corrected chi connectivity index (χ3v) is 7.47. The van der Waals surface area contributed by atoms with Crippen LogP contribution in [0.25, 0.3) is 6.08 Å². The first kappa shape index (κ1) is 27.4. The first-order valence-electron chi connectivity index (χ1n) is 10.6. The number of hydrogen-bond donors (Lipinski definition) is 0. The van der Waals surface area contributed by atoms with Gasteiger partial charge in [-0.05, 0) is 82.4 Å². The van der Waals surface area contributed by atoms with Crippen LogP contribution in [0.3, 0.4) is 0 Å². The molecule has 3 aromatic rings. The number of rotatable bonds is 8. The molecule has 192 valence electrons. The SMILES string of the molecule is COC(=O)c1ccc(CN2C(=O)S/C(=C/c3cc(I)c(OCc4ccc(Cl)cc4Cl)c(OC)c3)C2=O)o1. The van der Waals surface area contributed by atoms with Gasteiger partial charge < -0.3 is 18.6 Å². The average Bonchev–Trinajstić information content (AvgIpc) is 3.44. The number of ether oxygens (including phenoxy) is 3. The molecule has 37 heavy (non-hydrogen) atoms. The summed E-state index contributed by atoms with van der Waals surface area (Å²) in [5.74, 6) is 0.113. The molecule has 0 saturated carbocycles. The Morgan fingerprint density at radius 2 is 1.92 bits per heavy atom. The normalized spacial score (nSPS) is 14.4. The third-order valence-electron chi connectivity index (χ3n) is 5.17. The van der Waals surface area contributed by atoms with Crippen molar-refractivity contribution in [1.29, 1.82) is 0 Å². The van der Waals surface area contributed by atoms with Crippen LogP contribution in [0, 0.1) is 3.57 Å². The van der Waals surface area contributed by atoms with Gasteiger partial charge in [0.1, 0.15) is 12.4 Å². The number of esters is 1. The highest BCUT2D eigenvalue weighted by molar-refractivity contribution is 14.1. The summed E-state index contributed by atoms with van der Waals surface area (Å²) in [6.45, 7) is 0.0883. The van der Waals surface area contributed by atoms with Crippen LogP contribution in [0.2, 0.25) is 10.0 Å². The maximum absolute atomic E-state index is 12.9. The van der Waals surface area contributed by atoms with E-state index >= 15 is 0 Å². The second kappa shape index (κ2) is 11.8. The van der Waals surface area contributed by atoms with Crippen LogP contribution in [0.4, 0.5) is 4.79 Å². The number of imide groups is 1. The first-order valence-corrected chi connectivity index (χ1v) is 13.2. The number of carbonyl (C=O) groups is 3. The lowest BCUT2D eigenvalue weighted by atomic mass is 10.1. The molecule has 1 saturated heterocycles. The summed E-state index contributed by atoms with van der Waals surface area (Å²) in [5, 5.41) is 0.573. The maximum atomic E-state index is 12.9. The van der Waals surface area contributed by atoms with E-state index in [2.05, 4.69) is 27.3 Å². The van der Waals surface area contributed by atoms with Crippen molar-refractivity contribution in [1.82, 2.24) is 4.90 Å². The van der Waals surface area contributed by atoms with E-state index in [1.54, 1.807) is 30.3 Å². The Morgan fingerprint density at radius 1 is 1.14 bits per heavy atom. The van der Waals surface area contributed by atoms with Crippen LogP contribution >= 0.6 is 57.6 Å². The summed E-state index contributed by atoms with van der Waals surface area (Å²) in [6, 6.07) is 11.6. The Hall–Kier alpha value is -2.67. The predicted molar refractivity (Wildman–Crippen MR) is 148 cm³/mol. The van der Waals surface area contributed by atoms with Crippen LogP contribution in [-0.2, 0) is 22.7 Å². The quantitative estimate of drug-likeness (QED) is 0.146. The Labute approximate surface area is 240 Å². The number of thioether (sulfide) groups is 1. The molecule has 1 aliphatic heterocycles. The van der Waals surface area contributed by atoms with Crippen molar-refractivity contribution in [2.24, 2.45) is 0 Å². The molecule has 0 radical (unpaired) electrons. The van der Waals surface area contributed by atoms with Gasteiger partial charge in [0.15, 0.2) is 11.5 Å². The summed E-state index contributed by atoms with van der Waals surface area (Å²) in [6.07, 6.45) is 1.61. The van der Waals surface area contributed by atoms with Gasteiger partial charge in [0.25, 0.3) is 11.1 Å². The van der Waals surface area contributed by atoms with E-state index in [0.717, 1.165) is 25.8 Å². The topological polar surface area (TPSA) is 95.3 Å². The molecule has 0 bridgehead atoms. The molecule has 8 nitrogen and oxygen atoms in total. The fourth-order valence-electron chi connectivity index (χ4n) is 3.37. The fraction of sp³-hybridized carbons (Fsp3) is 0.160. The van der Waals surface area contributed by atoms with E-state index in [9.17, 15) is 14.4 Å². The molecule has 1 aromatic heterocycles. The number of methoxy groups -OCH3 is 2. The maximum Gasteiger partial charge on any atom is 0.373 e. The summed E-state index contributed by atoms with van der Waals surface area (Å²) < 4.78 is 22.2. The van der Waals surface area contributed by atoms with Crippen molar-refractivity contribution in [3.8, 4) is 11.5 Å². The first-order chi connectivity index (χ1) is 17.7. The third kappa shape index (κ3) is 6.25. The lowest BCUT2D eigenvalue weighted by Gasteiger charge is -2.14. The molecule has 12 heteroatoms. The zero-order valence-corrected chi connectivity index (χ0v) is 23.9. The number of nitrogens with zero attached hydrogens (tertiary/aromatic N) is 1. The van der Waals surface area contributed by atoms with Gasteiger partial charge in [-0.25, -0.2) is 4.79 Å². The summed E-state index contributed by atoms with van der Waals surface area (Å²) >= 11 is 15.1. The van der Waals surface area contributed by atoms with Gasteiger partial charge in [0.05, 0.1) is 29.2 Å². The van der Waals surface area contributed by atoms with Crippen molar-refractivity contribution in [2.75, 3.05) is 14.2 Å². The molecule has 1 aliphatic rings. The van der Waals surface area contributed by atoms with E-state index in [4.69, 9.17) is 37.1 Å². The number of halogens is 3. The fourth-order valence-corrected chi connectivity index (χ4v) is 5.45. The standard InChI is InChI=1S/C25H18Cl2INO7S/c1-33-20-8-13(7-18(28)22(20)35-12-14-3-4-15(26)10-17(14)27)9-21-23(30)29(25(32)37-21)11-16-5-6-19(36-16)24(31)34-2/h3-10H,11-12H2,1-2H3/b21-9+. The second-order valence-electron chi connectivity index (χ2n) is 7.58. The highest BCUT2D eigenvalue weighted by Crippen LogP contribution is 2.38. The Bertz CT molecular complexity index is 1420. The Morgan fingerprint density at radius 3 is 2.62 bits per heavy atom. The van der Waals surface area contributed by atoms with Crippen LogP contribution in [0.15, 0.2) is 51.8 Å². The largest absolute Gasteiger partial charge is 0.493 e. The minimum atomic E-state index is -0.646. The molecule has 4 rings (SSSR count). The molecule has 0 atom stereocenters. The molecular weight excluding hydrogens is 656 g/mol.